The molecule has 0 radical (unpaired) electrons. The molecule has 3 aliphatic rings. The van der Waals surface area contributed by atoms with Crippen LogP contribution in [0.15, 0.2) is 42.5 Å². The van der Waals surface area contributed by atoms with Crippen LogP contribution in [0.4, 0.5) is 0 Å². The van der Waals surface area contributed by atoms with Crippen LogP contribution in [0.3, 0.4) is 0 Å². The molecule has 13 nitrogen and oxygen atoms in total. The highest BCUT2D eigenvalue weighted by molar-refractivity contribution is 5.97. The van der Waals surface area contributed by atoms with Gasteiger partial charge in [0.05, 0.1) is 19.7 Å². The summed E-state index contributed by atoms with van der Waals surface area (Å²) < 4.78 is 16.5. The molecule has 216 valence electrons. The molecule has 4 heterocycles. The lowest BCUT2D eigenvalue weighted by molar-refractivity contribution is -0.271. The van der Waals surface area contributed by atoms with Gasteiger partial charge < -0.3 is 49.4 Å². The fraction of sp³-hybridized carbons (Fsp3) is 0.393. The number of rotatable bonds is 5. The van der Waals surface area contributed by atoms with E-state index in [1.54, 1.807) is 24.1 Å². The number of carboxylic acids is 1. The van der Waals surface area contributed by atoms with Gasteiger partial charge in [-0.2, -0.15) is 0 Å². The number of hydrogen-bond donors (Lipinski definition) is 5. The fourth-order valence-corrected chi connectivity index (χ4v) is 5.98. The second-order valence-electron chi connectivity index (χ2n) is 10.4. The first-order valence-corrected chi connectivity index (χ1v) is 13.0. The van der Waals surface area contributed by atoms with Crippen molar-refractivity contribution in [3.05, 3.63) is 59.3 Å². The number of carbonyl (C=O) groups is 3. The zero-order valence-electron chi connectivity index (χ0n) is 22.1. The lowest BCUT2D eigenvalue weighted by atomic mass is 9.86. The number of benzene rings is 2. The number of fused-ring (bicyclic) bond motifs is 4. The fourth-order valence-electron chi connectivity index (χ4n) is 5.98. The number of carboxylic acid groups (broad SMARTS) is 1. The first-order chi connectivity index (χ1) is 19.6. The summed E-state index contributed by atoms with van der Waals surface area (Å²) in [6.07, 6.45) is -8.55. The van der Waals surface area contributed by atoms with E-state index >= 15 is 0 Å². The summed E-state index contributed by atoms with van der Waals surface area (Å²) in [5.41, 5.74) is 3.20. The number of aliphatic carboxylic acids is 1. The van der Waals surface area contributed by atoms with Gasteiger partial charge in [-0.05, 0) is 29.3 Å². The van der Waals surface area contributed by atoms with Crippen LogP contribution in [0.1, 0.15) is 22.9 Å². The summed E-state index contributed by atoms with van der Waals surface area (Å²) in [6, 6.07) is 11.2. The van der Waals surface area contributed by atoms with Gasteiger partial charge in [0.2, 0.25) is 18.1 Å². The van der Waals surface area contributed by atoms with Gasteiger partial charge in [0.1, 0.15) is 24.4 Å². The molecule has 1 unspecified atom stereocenters. The first-order valence-electron chi connectivity index (χ1n) is 13.0. The minimum absolute atomic E-state index is 0.0537. The Morgan fingerprint density at radius 1 is 1.05 bits per heavy atom. The third-order valence-electron chi connectivity index (χ3n) is 8.01. The van der Waals surface area contributed by atoms with E-state index in [0.29, 0.717) is 12.0 Å². The Labute approximate surface area is 233 Å². The van der Waals surface area contributed by atoms with E-state index in [-0.39, 0.29) is 29.9 Å². The van der Waals surface area contributed by atoms with Gasteiger partial charge in [0.25, 0.3) is 0 Å². The van der Waals surface area contributed by atoms with E-state index in [9.17, 15) is 34.8 Å². The Bertz CT molecular complexity index is 1540. The molecule has 3 aliphatic heterocycles. The van der Waals surface area contributed by atoms with Gasteiger partial charge in [0, 0.05) is 30.1 Å². The minimum Gasteiger partial charge on any atom is -0.493 e. The predicted molar refractivity (Wildman–Crippen MR) is 140 cm³/mol. The molecule has 13 heteroatoms. The van der Waals surface area contributed by atoms with E-state index in [0.717, 1.165) is 22.2 Å². The standard InChI is InChI=1S/C28H29N3O10/c1-30-11-19(32)31-16(26(30)36)10-14-13-5-3-4-6-15(13)29-20(14)21(31)12-7-8-17(18(9-12)39-2)40-28-24(35)22(33)23(34)25(41-28)27(37)38/h3-9,16,21-25,28-29,33-35H,10-11H2,1-2H3,(H,37,38)/t16-,21-,22+,23+,24-,25+,28?/m1/s1. The zero-order chi connectivity index (χ0) is 29.2. The van der Waals surface area contributed by atoms with Crippen molar-refractivity contribution in [2.45, 2.75) is 49.2 Å². The Morgan fingerprint density at radius 3 is 2.54 bits per heavy atom. The lowest BCUT2D eigenvalue weighted by Gasteiger charge is -2.46. The zero-order valence-corrected chi connectivity index (χ0v) is 22.1. The summed E-state index contributed by atoms with van der Waals surface area (Å²) in [5, 5.41) is 40.8. The summed E-state index contributed by atoms with van der Waals surface area (Å²) >= 11 is 0. The molecule has 5 N–H and O–H groups in total. The number of piperazine rings is 1. The number of amides is 2. The van der Waals surface area contributed by atoms with E-state index in [1.807, 2.05) is 24.3 Å². The normalized spacial score (nSPS) is 29.7. The largest absolute Gasteiger partial charge is 0.493 e. The molecular formula is C28H29N3O10. The molecular weight excluding hydrogens is 538 g/mol. The number of para-hydroxylation sites is 1. The smallest absolute Gasteiger partial charge is 0.335 e. The SMILES string of the molecule is COc1cc([C@@H]2c3[nH]c4ccccc4c3C[C@@H]3C(=O)N(C)CC(=O)N23)ccc1OC1O[C@H](C(=O)O)[C@@H](O)[C@H](O)[C@H]1O. The highest BCUT2D eigenvalue weighted by Gasteiger charge is 2.49. The number of carbonyl (C=O) groups excluding carboxylic acids is 2. The maximum absolute atomic E-state index is 13.4. The lowest BCUT2D eigenvalue weighted by Crippen LogP contribution is -2.62. The maximum Gasteiger partial charge on any atom is 0.335 e. The van der Waals surface area contributed by atoms with Gasteiger partial charge in [-0.25, -0.2) is 4.79 Å². The van der Waals surface area contributed by atoms with Crippen molar-refractivity contribution in [1.29, 1.82) is 0 Å². The van der Waals surface area contributed by atoms with Crippen LogP contribution in [0.2, 0.25) is 0 Å². The van der Waals surface area contributed by atoms with Gasteiger partial charge in [-0.3, -0.25) is 9.59 Å². The molecule has 0 saturated carbocycles. The van der Waals surface area contributed by atoms with Crippen LogP contribution in [0, 0.1) is 0 Å². The molecule has 2 aromatic carbocycles. The highest BCUT2D eigenvalue weighted by Crippen LogP contribution is 2.44. The molecule has 0 spiro atoms. The van der Waals surface area contributed by atoms with Crippen molar-refractivity contribution in [3.8, 4) is 11.5 Å². The summed E-state index contributed by atoms with van der Waals surface area (Å²) in [4.78, 5) is 44.6. The van der Waals surface area contributed by atoms with Gasteiger partial charge in [-0.15, -0.1) is 0 Å². The van der Waals surface area contributed by atoms with Gasteiger partial charge >= 0.3 is 5.97 Å². The number of nitrogens with one attached hydrogen (secondary N) is 1. The molecule has 2 saturated heterocycles. The summed E-state index contributed by atoms with van der Waals surface area (Å²) in [6.45, 7) is -0.0600. The quantitative estimate of drug-likeness (QED) is 0.276. The molecule has 6 rings (SSSR count). The topological polar surface area (TPSA) is 182 Å². The van der Waals surface area contributed by atoms with Gasteiger partial charge in [0.15, 0.2) is 17.6 Å². The number of hydrogen-bond acceptors (Lipinski definition) is 9. The highest BCUT2D eigenvalue weighted by atomic mass is 16.7. The number of aromatic amines is 1. The third kappa shape index (κ3) is 4.28. The second-order valence-corrected chi connectivity index (χ2v) is 10.4. The number of likely N-dealkylation sites (N-methyl/N-ethyl adjacent to an activating group) is 1. The molecule has 7 atom stereocenters. The number of nitrogens with zero attached hydrogens (tertiary/aromatic N) is 2. The number of ether oxygens (including phenoxy) is 3. The van der Waals surface area contributed by atoms with E-state index in [4.69, 9.17) is 14.2 Å². The van der Waals surface area contributed by atoms with Crippen molar-refractivity contribution in [2.75, 3.05) is 20.7 Å². The van der Waals surface area contributed by atoms with Crippen molar-refractivity contribution >= 4 is 28.7 Å². The third-order valence-corrected chi connectivity index (χ3v) is 8.01. The molecule has 0 aliphatic carbocycles. The molecule has 41 heavy (non-hydrogen) atoms. The molecule has 3 aromatic rings. The average Bonchev–Trinajstić information content (AvgIpc) is 3.33. The Balaban J connectivity index is 1.40. The van der Waals surface area contributed by atoms with Crippen molar-refractivity contribution in [3.63, 3.8) is 0 Å². The number of methoxy groups -OCH3 is 1. The van der Waals surface area contributed by atoms with E-state index in [1.165, 1.54) is 18.1 Å². The van der Waals surface area contributed by atoms with Crippen molar-refractivity contribution in [2.24, 2.45) is 0 Å². The molecule has 1 aromatic heterocycles. The van der Waals surface area contributed by atoms with Crippen LogP contribution in [0.5, 0.6) is 11.5 Å². The summed E-state index contributed by atoms with van der Waals surface area (Å²) in [5.74, 6) is -1.69. The monoisotopic (exact) mass is 567 g/mol. The predicted octanol–water partition coefficient (Wildman–Crippen LogP) is -0.238. The average molecular weight is 568 g/mol. The van der Waals surface area contributed by atoms with Crippen LogP contribution >= 0.6 is 0 Å². The minimum atomic E-state index is -1.86. The van der Waals surface area contributed by atoms with E-state index < -0.39 is 48.8 Å². The van der Waals surface area contributed by atoms with Crippen LogP contribution in [0.25, 0.3) is 10.9 Å². The van der Waals surface area contributed by atoms with Crippen molar-refractivity contribution in [1.82, 2.24) is 14.8 Å². The number of aromatic nitrogens is 1. The van der Waals surface area contributed by atoms with Gasteiger partial charge in [-0.1, -0.05) is 24.3 Å². The van der Waals surface area contributed by atoms with E-state index in [2.05, 4.69) is 4.98 Å². The van der Waals surface area contributed by atoms with Crippen LogP contribution in [-0.4, -0.2) is 110 Å². The van der Waals surface area contributed by atoms with Crippen LogP contribution < -0.4 is 9.47 Å². The molecule has 2 amide bonds. The number of H-pyrrole nitrogens is 1. The second kappa shape index (κ2) is 10.0. The Morgan fingerprint density at radius 2 is 1.80 bits per heavy atom. The van der Waals surface area contributed by atoms with Crippen molar-refractivity contribution < 1.29 is 49.0 Å². The first kappa shape index (κ1) is 27.0. The number of aliphatic hydroxyl groups is 3. The summed E-state index contributed by atoms with van der Waals surface area (Å²) in [7, 11) is 2.99. The molecule has 2 fully saturated rings. The Kier molecular flexibility index (Phi) is 6.61. The molecule has 0 bridgehead atoms. The maximum atomic E-state index is 13.4. The Hall–Kier alpha value is -4.17. The number of aliphatic hydroxyl groups excluding tert-OH is 3. The van der Waals surface area contributed by atoms with Crippen LogP contribution in [-0.2, 0) is 25.5 Å².